The number of hydrogen-bond acceptors (Lipinski definition) is 10. The van der Waals surface area contributed by atoms with Gasteiger partial charge >= 0.3 is 0 Å². The molecule has 10 heteroatoms. The van der Waals surface area contributed by atoms with Gasteiger partial charge in [-0.3, -0.25) is 0 Å². The van der Waals surface area contributed by atoms with Gasteiger partial charge in [-0.2, -0.15) is 0 Å². The molecule has 10 atom stereocenters. The van der Waals surface area contributed by atoms with Crippen molar-refractivity contribution in [2.24, 2.45) is 17.2 Å². The summed E-state index contributed by atoms with van der Waals surface area (Å²) in [6.45, 7) is -0.0996. The third-order valence-corrected chi connectivity index (χ3v) is 4.28. The number of rotatable bonds is 3. The number of ether oxygens (including phenoxy) is 2. The minimum absolute atomic E-state index is 0.0996. The summed E-state index contributed by atoms with van der Waals surface area (Å²) in [7, 11) is 0. The maximum atomic E-state index is 10.0. The van der Waals surface area contributed by atoms with Gasteiger partial charge in [-0.1, -0.05) is 0 Å². The lowest BCUT2D eigenvalue weighted by atomic mass is 9.84. The Bertz CT molecular complexity index is 375. The van der Waals surface area contributed by atoms with Crippen LogP contribution < -0.4 is 17.2 Å². The van der Waals surface area contributed by atoms with Gasteiger partial charge in [0.25, 0.3) is 0 Å². The molecule has 1 saturated heterocycles. The van der Waals surface area contributed by atoms with Crippen LogP contribution in [0.2, 0.25) is 0 Å². The second-order valence-corrected chi connectivity index (χ2v) is 5.90. The SMILES string of the molecule is NC[C@H]1O[C@H](O[C@@H]2[C@H](O)[C@@H](O)[C@H](N)C[C@@H]2N)[C@H](O)[C@@H](O)[C@@H]1O. The quantitative estimate of drug-likeness (QED) is 0.248. The highest BCUT2D eigenvalue weighted by molar-refractivity contribution is 4.99. The molecule has 11 N–H and O–H groups in total. The van der Waals surface area contributed by atoms with Crippen LogP contribution >= 0.6 is 0 Å². The standard InChI is InChI=1S/C12H25N3O7/c13-2-5-7(17)8(18)10(20)12(21-5)22-11-4(15)1-3(14)6(16)9(11)19/h3-12,16-20H,1-2,13-15H2/t3-,4+,5-,6+,7-,8+,9-,10-,11+,12-/m1/s1. The Labute approximate surface area is 127 Å². The second-order valence-electron chi connectivity index (χ2n) is 5.90. The van der Waals surface area contributed by atoms with Crippen molar-refractivity contribution in [2.75, 3.05) is 6.54 Å². The van der Waals surface area contributed by atoms with Crippen molar-refractivity contribution in [1.29, 1.82) is 0 Å². The highest BCUT2D eigenvalue weighted by atomic mass is 16.7. The van der Waals surface area contributed by atoms with E-state index in [1.54, 1.807) is 0 Å². The molecule has 2 rings (SSSR count). The van der Waals surface area contributed by atoms with E-state index < -0.39 is 61.1 Å². The third-order valence-electron chi connectivity index (χ3n) is 4.28. The van der Waals surface area contributed by atoms with E-state index in [1.807, 2.05) is 0 Å². The average molecular weight is 323 g/mol. The van der Waals surface area contributed by atoms with E-state index in [2.05, 4.69) is 0 Å². The predicted molar refractivity (Wildman–Crippen MR) is 73.2 cm³/mol. The first-order chi connectivity index (χ1) is 10.3. The van der Waals surface area contributed by atoms with Crippen LogP contribution in [0.25, 0.3) is 0 Å². The third kappa shape index (κ3) is 3.26. The molecule has 0 unspecified atom stereocenters. The van der Waals surface area contributed by atoms with Crippen molar-refractivity contribution >= 4 is 0 Å². The van der Waals surface area contributed by atoms with Crippen LogP contribution in [0.15, 0.2) is 0 Å². The molecule has 2 fully saturated rings. The van der Waals surface area contributed by atoms with Crippen LogP contribution in [0.5, 0.6) is 0 Å². The maximum absolute atomic E-state index is 10.0. The molecule has 0 aromatic carbocycles. The number of aliphatic hydroxyl groups excluding tert-OH is 5. The molecule has 0 aromatic heterocycles. The molecule has 0 spiro atoms. The first-order valence-electron chi connectivity index (χ1n) is 7.20. The predicted octanol–water partition coefficient (Wildman–Crippen LogP) is -5.08. The van der Waals surface area contributed by atoms with E-state index in [0.717, 1.165) is 0 Å². The van der Waals surface area contributed by atoms with Crippen LogP contribution in [-0.2, 0) is 9.47 Å². The monoisotopic (exact) mass is 323 g/mol. The fourth-order valence-electron chi connectivity index (χ4n) is 2.85. The van der Waals surface area contributed by atoms with Gasteiger partial charge in [0, 0.05) is 18.6 Å². The van der Waals surface area contributed by atoms with Gasteiger partial charge < -0.3 is 52.2 Å². The molecular formula is C12H25N3O7. The van der Waals surface area contributed by atoms with Crippen LogP contribution in [0.4, 0.5) is 0 Å². The molecule has 130 valence electrons. The smallest absolute Gasteiger partial charge is 0.187 e. The van der Waals surface area contributed by atoms with Gasteiger partial charge in [0.1, 0.15) is 36.6 Å². The topological polar surface area (TPSA) is 198 Å². The van der Waals surface area contributed by atoms with E-state index >= 15 is 0 Å². The summed E-state index contributed by atoms with van der Waals surface area (Å²) in [4.78, 5) is 0. The van der Waals surface area contributed by atoms with Crippen LogP contribution in [0.3, 0.4) is 0 Å². The van der Waals surface area contributed by atoms with Crippen molar-refractivity contribution in [3.63, 3.8) is 0 Å². The summed E-state index contributed by atoms with van der Waals surface area (Å²) in [5.74, 6) is 0. The Morgan fingerprint density at radius 1 is 0.864 bits per heavy atom. The van der Waals surface area contributed by atoms with Crippen molar-refractivity contribution in [3.05, 3.63) is 0 Å². The normalized spacial score (nSPS) is 53.5. The van der Waals surface area contributed by atoms with Crippen LogP contribution in [-0.4, -0.2) is 93.2 Å². The number of hydrogen-bond donors (Lipinski definition) is 8. The Kier molecular flexibility index (Phi) is 5.72. The molecule has 1 aliphatic heterocycles. The molecule has 0 aromatic rings. The molecule has 0 radical (unpaired) electrons. The molecule has 22 heavy (non-hydrogen) atoms. The van der Waals surface area contributed by atoms with Crippen molar-refractivity contribution in [3.8, 4) is 0 Å². The number of nitrogens with two attached hydrogens (primary N) is 3. The van der Waals surface area contributed by atoms with Gasteiger partial charge in [0.15, 0.2) is 6.29 Å². The largest absolute Gasteiger partial charge is 0.389 e. The minimum Gasteiger partial charge on any atom is -0.389 e. The Balaban J connectivity index is 2.08. The highest BCUT2D eigenvalue weighted by Crippen LogP contribution is 2.27. The van der Waals surface area contributed by atoms with E-state index in [0.29, 0.717) is 0 Å². The Morgan fingerprint density at radius 3 is 2.09 bits per heavy atom. The fraction of sp³-hybridized carbons (Fsp3) is 1.00. The molecule has 0 amide bonds. The van der Waals surface area contributed by atoms with Crippen LogP contribution in [0.1, 0.15) is 6.42 Å². The first kappa shape index (κ1) is 17.9. The van der Waals surface area contributed by atoms with Gasteiger partial charge in [0.2, 0.25) is 0 Å². The summed E-state index contributed by atoms with van der Waals surface area (Å²) in [5, 5.41) is 49.3. The lowest BCUT2D eigenvalue weighted by Crippen LogP contribution is -2.65. The number of aliphatic hydroxyl groups is 5. The average Bonchev–Trinajstić information content (AvgIpc) is 2.49. The van der Waals surface area contributed by atoms with E-state index in [1.165, 1.54) is 0 Å². The lowest BCUT2D eigenvalue weighted by Gasteiger charge is -2.45. The highest BCUT2D eigenvalue weighted by Gasteiger charge is 2.48. The van der Waals surface area contributed by atoms with Gasteiger partial charge in [-0.05, 0) is 6.42 Å². The Morgan fingerprint density at radius 2 is 1.50 bits per heavy atom. The fourth-order valence-corrected chi connectivity index (χ4v) is 2.85. The van der Waals surface area contributed by atoms with Crippen molar-refractivity contribution in [2.45, 2.75) is 67.5 Å². The summed E-state index contributed by atoms with van der Waals surface area (Å²) in [6.07, 6.45) is -10.1. The zero-order chi connectivity index (χ0) is 16.6. The molecule has 10 nitrogen and oxygen atoms in total. The van der Waals surface area contributed by atoms with Gasteiger partial charge in [0.05, 0.1) is 6.10 Å². The molecule has 1 aliphatic carbocycles. The molecule has 2 aliphatic rings. The van der Waals surface area contributed by atoms with E-state index in [4.69, 9.17) is 26.7 Å². The zero-order valence-electron chi connectivity index (χ0n) is 12.0. The van der Waals surface area contributed by atoms with Crippen molar-refractivity contribution < 1.29 is 35.0 Å². The molecule has 0 bridgehead atoms. The van der Waals surface area contributed by atoms with Gasteiger partial charge in [-0.15, -0.1) is 0 Å². The lowest BCUT2D eigenvalue weighted by molar-refractivity contribution is -0.318. The summed E-state index contributed by atoms with van der Waals surface area (Å²) >= 11 is 0. The van der Waals surface area contributed by atoms with E-state index in [-0.39, 0.29) is 13.0 Å². The van der Waals surface area contributed by atoms with Gasteiger partial charge in [-0.25, -0.2) is 0 Å². The maximum Gasteiger partial charge on any atom is 0.187 e. The second kappa shape index (κ2) is 7.01. The zero-order valence-corrected chi connectivity index (χ0v) is 12.0. The van der Waals surface area contributed by atoms with E-state index in [9.17, 15) is 25.5 Å². The molecular weight excluding hydrogens is 298 g/mol. The summed E-state index contributed by atoms with van der Waals surface area (Å²) < 4.78 is 10.8. The minimum atomic E-state index is -1.55. The molecule has 1 saturated carbocycles. The summed E-state index contributed by atoms with van der Waals surface area (Å²) in [5.41, 5.74) is 16.9. The first-order valence-corrected chi connectivity index (χ1v) is 7.20. The summed E-state index contributed by atoms with van der Waals surface area (Å²) in [6, 6.07) is -1.38. The molecule has 1 heterocycles. The van der Waals surface area contributed by atoms with Crippen molar-refractivity contribution in [1.82, 2.24) is 0 Å². The Hall–Kier alpha value is -0.400. The van der Waals surface area contributed by atoms with Crippen LogP contribution in [0, 0.1) is 0 Å².